The molecule has 1 aromatic carbocycles. The molecule has 6 heteroatoms. The van der Waals surface area contributed by atoms with Crippen molar-refractivity contribution in [2.24, 2.45) is 0 Å². The van der Waals surface area contributed by atoms with Crippen LogP contribution in [-0.4, -0.2) is 21.5 Å². The molecule has 6 nitrogen and oxygen atoms in total. The van der Waals surface area contributed by atoms with Crippen LogP contribution in [0.25, 0.3) is 0 Å². The van der Waals surface area contributed by atoms with E-state index in [0.29, 0.717) is 0 Å². The minimum absolute atomic E-state index is 0.232. The predicted molar refractivity (Wildman–Crippen MR) is 65.1 cm³/mol. The number of phenolic OH excluding ortho intramolecular Hbond substituents is 1. The molecular weight excluding hydrogens is 236 g/mol. The molecule has 0 saturated carbocycles. The van der Waals surface area contributed by atoms with E-state index in [9.17, 15) is 20.0 Å². The number of hydrogen-bond acceptors (Lipinski definition) is 4. The summed E-state index contributed by atoms with van der Waals surface area (Å²) in [6.07, 6.45) is 5.21. The zero-order valence-electron chi connectivity index (χ0n) is 9.93. The molecule has 18 heavy (non-hydrogen) atoms. The molecule has 0 fully saturated rings. The van der Waals surface area contributed by atoms with Crippen molar-refractivity contribution in [2.75, 3.05) is 0 Å². The Morgan fingerprint density at radius 2 is 2.17 bits per heavy atom. The summed E-state index contributed by atoms with van der Waals surface area (Å²) in [5.41, 5.74) is -1.56. The number of nitro benzene ring substituents is 1. The van der Waals surface area contributed by atoms with E-state index in [1.807, 2.05) is 0 Å². The standard InChI is InChI=1S/C12H12N2O4/c1-4-12(2,3)13-11(16)9-7-8(15)5-6-10(9)14(17)18/h1,5-7,15H,2-3H3,(H,13,16). The third-order valence-corrected chi connectivity index (χ3v) is 2.21. The Morgan fingerprint density at radius 3 is 2.67 bits per heavy atom. The highest BCUT2D eigenvalue weighted by Gasteiger charge is 2.25. The molecule has 0 aliphatic carbocycles. The second kappa shape index (κ2) is 4.75. The number of nitrogens with zero attached hydrogens (tertiary/aromatic N) is 1. The quantitative estimate of drug-likeness (QED) is 0.481. The number of carbonyl (C=O) groups is 1. The highest BCUT2D eigenvalue weighted by molar-refractivity contribution is 5.99. The number of phenols is 1. The molecule has 0 aliphatic heterocycles. The monoisotopic (exact) mass is 248 g/mol. The minimum Gasteiger partial charge on any atom is -0.508 e. The van der Waals surface area contributed by atoms with Crippen LogP contribution in [0.15, 0.2) is 18.2 Å². The van der Waals surface area contributed by atoms with Gasteiger partial charge in [0, 0.05) is 6.07 Å². The first-order chi connectivity index (χ1) is 8.26. The van der Waals surface area contributed by atoms with E-state index in [4.69, 9.17) is 6.42 Å². The van der Waals surface area contributed by atoms with Gasteiger partial charge in [-0.3, -0.25) is 14.9 Å². The van der Waals surface area contributed by atoms with Crippen molar-refractivity contribution in [2.45, 2.75) is 19.4 Å². The number of rotatable bonds is 3. The number of terminal acetylenes is 1. The van der Waals surface area contributed by atoms with Crippen molar-refractivity contribution in [3.63, 3.8) is 0 Å². The molecule has 1 rings (SSSR count). The topological polar surface area (TPSA) is 92.5 Å². The summed E-state index contributed by atoms with van der Waals surface area (Å²) in [6, 6.07) is 3.23. The van der Waals surface area contributed by atoms with Gasteiger partial charge in [0.05, 0.1) is 10.5 Å². The first-order valence-electron chi connectivity index (χ1n) is 5.04. The van der Waals surface area contributed by atoms with Crippen LogP contribution in [0.2, 0.25) is 0 Å². The van der Waals surface area contributed by atoms with E-state index < -0.39 is 22.1 Å². The Hall–Kier alpha value is -2.55. The van der Waals surface area contributed by atoms with E-state index in [-0.39, 0.29) is 11.3 Å². The number of aromatic hydroxyl groups is 1. The van der Waals surface area contributed by atoms with Gasteiger partial charge in [-0.2, -0.15) is 0 Å². The average molecular weight is 248 g/mol. The number of benzene rings is 1. The molecule has 94 valence electrons. The summed E-state index contributed by atoms with van der Waals surface area (Å²) in [7, 11) is 0. The Kier molecular flexibility index (Phi) is 3.57. The molecule has 0 spiro atoms. The molecule has 0 unspecified atom stereocenters. The molecule has 0 atom stereocenters. The van der Waals surface area contributed by atoms with Crippen LogP contribution in [0.4, 0.5) is 5.69 Å². The van der Waals surface area contributed by atoms with Crippen LogP contribution < -0.4 is 5.32 Å². The largest absolute Gasteiger partial charge is 0.508 e. The lowest BCUT2D eigenvalue weighted by atomic mass is 10.1. The van der Waals surface area contributed by atoms with Crippen LogP contribution in [0.5, 0.6) is 5.75 Å². The van der Waals surface area contributed by atoms with Crippen molar-refractivity contribution in [1.82, 2.24) is 5.32 Å². The van der Waals surface area contributed by atoms with Crippen LogP contribution in [-0.2, 0) is 0 Å². The Balaban J connectivity index is 3.17. The number of nitro groups is 1. The highest BCUT2D eigenvalue weighted by atomic mass is 16.6. The van der Waals surface area contributed by atoms with Crippen LogP contribution in [0, 0.1) is 22.5 Å². The lowest BCUT2D eigenvalue weighted by Gasteiger charge is -2.19. The van der Waals surface area contributed by atoms with Gasteiger partial charge < -0.3 is 10.4 Å². The van der Waals surface area contributed by atoms with Gasteiger partial charge in [0.15, 0.2) is 0 Å². The fourth-order valence-electron chi connectivity index (χ4n) is 1.25. The van der Waals surface area contributed by atoms with E-state index in [2.05, 4.69) is 11.2 Å². The Morgan fingerprint density at radius 1 is 1.56 bits per heavy atom. The first-order valence-corrected chi connectivity index (χ1v) is 5.04. The summed E-state index contributed by atoms with van der Waals surface area (Å²) in [5, 5.41) is 22.5. The number of hydrogen-bond donors (Lipinski definition) is 2. The predicted octanol–water partition coefficient (Wildman–Crippen LogP) is 1.44. The van der Waals surface area contributed by atoms with E-state index >= 15 is 0 Å². The smallest absolute Gasteiger partial charge is 0.282 e. The molecule has 2 N–H and O–H groups in total. The van der Waals surface area contributed by atoms with Gasteiger partial charge in [-0.05, 0) is 26.0 Å². The fraction of sp³-hybridized carbons (Fsp3) is 0.250. The number of amides is 1. The molecule has 0 aliphatic rings. The number of carbonyl (C=O) groups excluding carboxylic acids is 1. The maximum atomic E-state index is 11.9. The lowest BCUT2D eigenvalue weighted by molar-refractivity contribution is -0.385. The van der Waals surface area contributed by atoms with Gasteiger partial charge in [-0.25, -0.2) is 0 Å². The Bertz CT molecular complexity index is 543. The third-order valence-electron chi connectivity index (χ3n) is 2.21. The number of nitrogens with one attached hydrogen (secondary N) is 1. The molecule has 1 aromatic rings. The molecule has 0 aromatic heterocycles. The van der Waals surface area contributed by atoms with E-state index in [0.717, 1.165) is 18.2 Å². The Labute approximate surface area is 104 Å². The van der Waals surface area contributed by atoms with Crippen LogP contribution in [0.3, 0.4) is 0 Å². The first kappa shape index (κ1) is 13.5. The summed E-state index contributed by atoms with van der Waals surface area (Å²) >= 11 is 0. The fourth-order valence-corrected chi connectivity index (χ4v) is 1.25. The van der Waals surface area contributed by atoms with E-state index in [1.165, 1.54) is 0 Å². The van der Waals surface area contributed by atoms with Gasteiger partial charge in [-0.15, -0.1) is 6.42 Å². The zero-order valence-corrected chi connectivity index (χ0v) is 9.93. The van der Waals surface area contributed by atoms with Crippen molar-refractivity contribution in [3.05, 3.63) is 33.9 Å². The zero-order chi connectivity index (χ0) is 13.9. The SMILES string of the molecule is C#CC(C)(C)NC(=O)c1cc(O)ccc1[N+](=O)[O-]. The van der Waals surface area contributed by atoms with Gasteiger partial charge in [-0.1, -0.05) is 5.92 Å². The van der Waals surface area contributed by atoms with Crippen molar-refractivity contribution in [1.29, 1.82) is 0 Å². The van der Waals surface area contributed by atoms with Gasteiger partial charge >= 0.3 is 0 Å². The van der Waals surface area contributed by atoms with Gasteiger partial charge in [0.1, 0.15) is 11.3 Å². The summed E-state index contributed by atoms with van der Waals surface area (Å²) < 4.78 is 0. The van der Waals surface area contributed by atoms with Crippen LogP contribution >= 0.6 is 0 Å². The van der Waals surface area contributed by atoms with Crippen LogP contribution in [0.1, 0.15) is 24.2 Å². The van der Waals surface area contributed by atoms with Crippen molar-refractivity contribution in [3.8, 4) is 18.1 Å². The van der Waals surface area contributed by atoms with Crippen molar-refractivity contribution >= 4 is 11.6 Å². The normalized spacial score (nSPS) is 10.5. The molecule has 0 radical (unpaired) electrons. The summed E-state index contributed by atoms with van der Waals surface area (Å²) in [4.78, 5) is 22.0. The van der Waals surface area contributed by atoms with Gasteiger partial charge in [0.2, 0.25) is 0 Å². The molecule has 0 heterocycles. The second-order valence-corrected chi connectivity index (χ2v) is 4.18. The summed E-state index contributed by atoms with van der Waals surface area (Å²) in [5.74, 6) is 1.40. The van der Waals surface area contributed by atoms with Crippen molar-refractivity contribution < 1.29 is 14.8 Å². The average Bonchev–Trinajstić information content (AvgIpc) is 2.28. The maximum Gasteiger partial charge on any atom is 0.282 e. The molecule has 0 bridgehead atoms. The van der Waals surface area contributed by atoms with E-state index in [1.54, 1.807) is 13.8 Å². The lowest BCUT2D eigenvalue weighted by Crippen LogP contribution is -2.42. The minimum atomic E-state index is -0.934. The molecule has 1 amide bonds. The maximum absolute atomic E-state index is 11.9. The third kappa shape index (κ3) is 2.98. The highest BCUT2D eigenvalue weighted by Crippen LogP contribution is 2.23. The molecule has 0 saturated heterocycles. The second-order valence-electron chi connectivity index (χ2n) is 4.18. The van der Waals surface area contributed by atoms with Gasteiger partial charge in [0.25, 0.3) is 11.6 Å². The molecular formula is C12H12N2O4. The summed E-state index contributed by atoms with van der Waals surface area (Å²) in [6.45, 7) is 3.17.